The van der Waals surface area contributed by atoms with E-state index in [-0.39, 0.29) is 25.4 Å². The quantitative estimate of drug-likeness (QED) is 0.270. The first-order valence-electron chi connectivity index (χ1n) is 13.4. The first-order chi connectivity index (χ1) is 19.9. The van der Waals surface area contributed by atoms with Crippen molar-refractivity contribution in [1.82, 2.24) is 10.6 Å². The summed E-state index contributed by atoms with van der Waals surface area (Å²) < 4.78 is 19.1. The lowest BCUT2D eigenvalue weighted by molar-refractivity contribution is -0.128. The Morgan fingerprint density at radius 1 is 0.707 bits per heavy atom. The second-order valence-electron chi connectivity index (χ2n) is 10.0. The highest BCUT2D eigenvalue weighted by molar-refractivity contribution is 5.91. The van der Waals surface area contributed by atoms with Crippen LogP contribution in [0.5, 0.6) is 0 Å². The van der Waals surface area contributed by atoms with Crippen LogP contribution in [0, 0.1) is 5.82 Å². The van der Waals surface area contributed by atoms with E-state index in [1.165, 1.54) is 24.3 Å². The van der Waals surface area contributed by atoms with Crippen LogP contribution in [0.1, 0.15) is 28.2 Å². The van der Waals surface area contributed by atoms with Gasteiger partial charge in [-0.15, -0.1) is 0 Å². The Balaban J connectivity index is 1.29. The molecule has 0 heterocycles. The van der Waals surface area contributed by atoms with Gasteiger partial charge >= 0.3 is 6.09 Å². The molecule has 0 saturated heterocycles. The molecule has 2 atom stereocenters. The number of fused-ring (bicyclic) bond motifs is 3. The monoisotopic (exact) mass is 551 g/mol. The third-order valence-electron chi connectivity index (χ3n) is 7.25. The summed E-state index contributed by atoms with van der Waals surface area (Å²) in [5.74, 6) is -1.88. The summed E-state index contributed by atoms with van der Waals surface area (Å²) in [6.45, 7) is 0.0721. The van der Waals surface area contributed by atoms with E-state index in [0.717, 1.165) is 27.8 Å². The number of hydrogen-bond acceptors (Lipinski definition) is 4. The second-order valence-corrected chi connectivity index (χ2v) is 10.0. The van der Waals surface area contributed by atoms with E-state index in [4.69, 9.17) is 10.5 Å². The maximum atomic E-state index is 13.5. The summed E-state index contributed by atoms with van der Waals surface area (Å²) in [4.78, 5) is 38.6. The maximum absolute atomic E-state index is 13.5. The lowest BCUT2D eigenvalue weighted by atomic mass is 9.98. The number of alkyl carbamates (subject to hydrolysis) is 1. The number of rotatable bonds is 10. The summed E-state index contributed by atoms with van der Waals surface area (Å²) in [7, 11) is 0. The van der Waals surface area contributed by atoms with E-state index in [9.17, 15) is 18.8 Å². The number of benzene rings is 4. The molecule has 41 heavy (non-hydrogen) atoms. The van der Waals surface area contributed by atoms with E-state index in [1.807, 2.05) is 78.9 Å². The molecule has 208 valence electrons. The average Bonchev–Trinajstić information content (AvgIpc) is 3.30. The molecule has 0 aromatic heterocycles. The van der Waals surface area contributed by atoms with Crippen molar-refractivity contribution < 1.29 is 23.5 Å². The topological polar surface area (TPSA) is 111 Å². The van der Waals surface area contributed by atoms with Gasteiger partial charge < -0.3 is 21.1 Å². The highest BCUT2D eigenvalue weighted by atomic mass is 19.1. The Morgan fingerprint density at radius 3 is 1.85 bits per heavy atom. The van der Waals surface area contributed by atoms with Gasteiger partial charge in [-0.05, 0) is 45.5 Å². The van der Waals surface area contributed by atoms with Crippen molar-refractivity contribution in [2.24, 2.45) is 5.73 Å². The van der Waals surface area contributed by atoms with Crippen LogP contribution in [0.2, 0.25) is 0 Å². The predicted molar refractivity (Wildman–Crippen MR) is 153 cm³/mol. The maximum Gasteiger partial charge on any atom is 0.407 e. The molecule has 4 aromatic rings. The molecule has 1 aliphatic carbocycles. The van der Waals surface area contributed by atoms with Crippen LogP contribution in [0.25, 0.3) is 11.1 Å². The minimum atomic E-state index is -1.10. The van der Waals surface area contributed by atoms with Gasteiger partial charge in [0.25, 0.3) is 0 Å². The molecular weight excluding hydrogens is 521 g/mol. The van der Waals surface area contributed by atoms with Gasteiger partial charge in [0.2, 0.25) is 11.8 Å². The molecule has 0 aliphatic heterocycles. The Bertz CT molecular complexity index is 1500. The predicted octanol–water partition coefficient (Wildman–Crippen LogP) is 4.49. The van der Waals surface area contributed by atoms with E-state index in [0.29, 0.717) is 5.56 Å². The van der Waals surface area contributed by atoms with Gasteiger partial charge in [-0.25, -0.2) is 9.18 Å². The molecule has 0 bridgehead atoms. The fourth-order valence-corrected chi connectivity index (χ4v) is 5.19. The summed E-state index contributed by atoms with van der Waals surface area (Å²) in [5, 5.41) is 5.31. The molecule has 5 rings (SSSR count). The number of amides is 3. The third-order valence-corrected chi connectivity index (χ3v) is 7.25. The largest absolute Gasteiger partial charge is 0.449 e. The highest BCUT2D eigenvalue weighted by Gasteiger charge is 2.30. The minimum Gasteiger partial charge on any atom is -0.449 e. The van der Waals surface area contributed by atoms with Gasteiger partial charge in [0.15, 0.2) is 0 Å². The van der Waals surface area contributed by atoms with Crippen LogP contribution in [-0.4, -0.2) is 36.6 Å². The smallest absolute Gasteiger partial charge is 0.407 e. The van der Waals surface area contributed by atoms with Gasteiger partial charge in [0.1, 0.15) is 24.5 Å². The fraction of sp³-hybridized carbons (Fsp3) is 0.182. The molecule has 8 heteroatoms. The fourth-order valence-electron chi connectivity index (χ4n) is 5.19. The number of nitrogens with two attached hydrogens (primary N) is 1. The standard InChI is InChI=1S/C33H30FN3O4/c34-23-16-14-22(15-17-23)19-30(32(39)36-29(31(35)38)18-21-8-2-1-3-9-21)37-33(40)41-20-28-26-12-6-4-10-24(26)25-11-5-7-13-27(25)28/h1-17,28-30H,18-20H2,(H2,35,38)(H,36,39)(H,37,40)/t29-,30-/m0/s1. The number of ether oxygens (including phenoxy) is 1. The molecule has 0 radical (unpaired) electrons. The number of nitrogens with one attached hydrogen (secondary N) is 2. The zero-order valence-electron chi connectivity index (χ0n) is 22.3. The van der Waals surface area contributed by atoms with Crippen LogP contribution in [0.15, 0.2) is 103 Å². The van der Waals surface area contributed by atoms with E-state index < -0.39 is 35.8 Å². The average molecular weight is 552 g/mol. The lowest BCUT2D eigenvalue weighted by Gasteiger charge is -2.22. The van der Waals surface area contributed by atoms with Crippen LogP contribution in [0.3, 0.4) is 0 Å². The summed E-state index contributed by atoms with van der Waals surface area (Å²) in [6.07, 6.45) is -0.545. The van der Waals surface area contributed by atoms with Crippen molar-refractivity contribution in [2.45, 2.75) is 30.8 Å². The molecule has 0 spiro atoms. The third kappa shape index (κ3) is 6.61. The van der Waals surface area contributed by atoms with Crippen LogP contribution >= 0.6 is 0 Å². The zero-order chi connectivity index (χ0) is 28.8. The van der Waals surface area contributed by atoms with Gasteiger partial charge in [0, 0.05) is 18.8 Å². The number of halogens is 1. The number of hydrogen-bond donors (Lipinski definition) is 3. The van der Waals surface area contributed by atoms with E-state index in [2.05, 4.69) is 10.6 Å². The van der Waals surface area contributed by atoms with Crippen molar-refractivity contribution in [3.63, 3.8) is 0 Å². The SMILES string of the molecule is NC(=O)[C@H](Cc1ccccc1)NC(=O)[C@H](Cc1ccc(F)cc1)NC(=O)OCC1c2ccccc2-c2ccccc21. The first-order valence-corrected chi connectivity index (χ1v) is 13.4. The highest BCUT2D eigenvalue weighted by Crippen LogP contribution is 2.44. The second kappa shape index (κ2) is 12.5. The van der Waals surface area contributed by atoms with Crippen molar-refractivity contribution in [3.05, 3.63) is 131 Å². The molecule has 4 N–H and O–H groups in total. The normalized spacial score (nSPS) is 13.4. The summed E-state index contributed by atoms with van der Waals surface area (Å²) in [6, 6.07) is 28.6. The lowest BCUT2D eigenvalue weighted by Crippen LogP contribution is -2.54. The van der Waals surface area contributed by atoms with Crippen molar-refractivity contribution >= 4 is 17.9 Å². The van der Waals surface area contributed by atoms with E-state index in [1.54, 1.807) is 0 Å². The zero-order valence-corrected chi connectivity index (χ0v) is 22.3. The van der Waals surface area contributed by atoms with Gasteiger partial charge in [-0.1, -0.05) is 91.0 Å². The molecule has 3 amide bonds. The molecule has 0 saturated carbocycles. The first kappa shape index (κ1) is 27.6. The van der Waals surface area contributed by atoms with Crippen molar-refractivity contribution in [3.8, 4) is 11.1 Å². The number of carbonyl (C=O) groups excluding carboxylic acids is 3. The number of primary amides is 1. The summed E-state index contributed by atoms with van der Waals surface area (Å²) in [5.41, 5.74) is 11.3. The van der Waals surface area contributed by atoms with Crippen molar-refractivity contribution in [2.75, 3.05) is 6.61 Å². The summed E-state index contributed by atoms with van der Waals surface area (Å²) >= 11 is 0. The van der Waals surface area contributed by atoms with E-state index >= 15 is 0 Å². The van der Waals surface area contributed by atoms with Crippen LogP contribution < -0.4 is 16.4 Å². The van der Waals surface area contributed by atoms with Crippen molar-refractivity contribution in [1.29, 1.82) is 0 Å². The Morgan fingerprint density at radius 2 is 1.24 bits per heavy atom. The minimum absolute atomic E-state index is 0.0487. The van der Waals surface area contributed by atoms with Gasteiger partial charge in [-0.3, -0.25) is 9.59 Å². The Hall–Kier alpha value is -4.98. The molecule has 7 nitrogen and oxygen atoms in total. The number of carbonyl (C=O) groups is 3. The molecule has 0 unspecified atom stereocenters. The van der Waals surface area contributed by atoms with Gasteiger partial charge in [0.05, 0.1) is 0 Å². The molecule has 0 fully saturated rings. The molecular formula is C33H30FN3O4. The Labute approximate surface area is 237 Å². The Kier molecular flexibility index (Phi) is 8.39. The van der Waals surface area contributed by atoms with Crippen LogP contribution in [0.4, 0.5) is 9.18 Å². The van der Waals surface area contributed by atoms with Crippen LogP contribution in [-0.2, 0) is 27.2 Å². The van der Waals surface area contributed by atoms with Gasteiger partial charge in [-0.2, -0.15) is 0 Å². The molecule has 1 aliphatic rings. The molecule has 4 aromatic carbocycles.